The van der Waals surface area contributed by atoms with Crippen molar-refractivity contribution in [3.8, 4) is 5.75 Å². The van der Waals surface area contributed by atoms with Gasteiger partial charge in [-0.25, -0.2) is 18.9 Å². The van der Waals surface area contributed by atoms with E-state index in [1.165, 1.54) is 36.0 Å². The highest BCUT2D eigenvalue weighted by atomic mass is 32.2. The van der Waals surface area contributed by atoms with Crippen molar-refractivity contribution < 1.29 is 66.5 Å². The van der Waals surface area contributed by atoms with Crippen molar-refractivity contribution in [3.63, 3.8) is 0 Å². The van der Waals surface area contributed by atoms with Crippen molar-refractivity contribution in [2.45, 2.75) is 48.9 Å². The second kappa shape index (κ2) is 17.0. The molecule has 4 heterocycles. The summed E-state index contributed by atoms with van der Waals surface area (Å²) < 4.78 is 44.0. The van der Waals surface area contributed by atoms with Gasteiger partial charge in [0, 0.05) is 16.7 Å². The molecule has 1 unspecified atom stereocenters. The molecule has 1 fully saturated rings. The van der Waals surface area contributed by atoms with E-state index >= 15 is 0 Å². The normalized spacial score (nSPS) is 16.3. The molecule has 2 aromatic heterocycles. The Bertz CT molecular complexity index is 1960. The molecule has 0 aliphatic carbocycles. The number of rotatable bonds is 14. The topological polar surface area (TPSA) is 273 Å². The quantitative estimate of drug-likeness (QED) is 0.103. The molecule has 5 rings (SSSR count). The zero-order chi connectivity index (χ0) is 37.4. The van der Waals surface area contributed by atoms with Gasteiger partial charge in [0.15, 0.2) is 5.82 Å². The van der Waals surface area contributed by atoms with Gasteiger partial charge >= 0.3 is 37.8 Å². The number of anilines is 2. The number of carbonyl (C=O) groups is 5. The summed E-state index contributed by atoms with van der Waals surface area (Å²) in [7, 11) is -4.11. The highest BCUT2D eigenvalue weighted by Gasteiger charge is 2.35. The number of hydrogen-bond acceptors (Lipinski definition) is 17. The summed E-state index contributed by atoms with van der Waals surface area (Å²) in [6.07, 6.45) is -0.450. The summed E-state index contributed by atoms with van der Waals surface area (Å²) in [4.78, 5) is 82.0. The Labute approximate surface area is 301 Å². The fraction of sp³-hybridized carbons (Fsp3) is 0.367. The summed E-state index contributed by atoms with van der Waals surface area (Å²) in [5.74, 6) is -4.82. The van der Waals surface area contributed by atoms with Crippen LogP contribution < -0.4 is 20.7 Å². The lowest BCUT2D eigenvalue weighted by molar-refractivity contribution is -0.154. The van der Waals surface area contributed by atoms with E-state index in [9.17, 15) is 38.4 Å². The summed E-state index contributed by atoms with van der Waals surface area (Å²) in [6.45, 7) is -1.10. The van der Waals surface area contributed by atoms with Gasteiger partial charge in [-0.05, 0) is 49.1 Å². The third kappa shape index (κ3) is 10.1. The minimum Gasteiger partial charge on any atom is -0.481 e. The Morgan fingerprint density at radius 1 is 1.06 bits per heavy atom. The first-order chi connectivity index (χ1) is 24.8. The van der Waals surface area contributed by atoms with Gasteiger partial charge in [0.05, 0.1) is 26.1 Å². The zero-order valence-electron chi connectivity index (χ0n) is 27.0. The molecule has 1 aromatic carbocycles. The van der Waals surface area contributed by atoms with Crippen LogP contribution in [-0.4, -0.2) is 82.0 Å². The van der Waals surface area contributed by atoms with E-state index in [1.807, 2.05) is 0 Å². The Morgan fingerprint density at radius 2 is 1.83 bits per heavy atom. The van der Waals surface area contributed by atoms with Gasteiger partial charge in [0.2, 0.25) is 12.7 Å². The number of nitrogen functional groups attached to an aromatic ring is 1. The predicted octanol–water partition coefficient (Wildman–Crippen LogP) is 3.81. The average Bonchev–Trinajstić information content (AvgIpc) is 3.59. The van der Waals surface area contributed by atoms with Crippen molar-refractivity contribution in [2.24, 2.45) is 0 Å². The number of fused-ring (bicyclic) bond motifs is 1. The molecule has 0 spiro atoms. The van der Waals surface area contributed by atoms with Crippen LogP contribution in [0.3, 0.4) is 0 Å². The van der Waals surface area contributed by atoms with Crippen molar-refractivity contribution in [2.75, 3.05) is 37.2 Å². The molecule has 0 saturated carbocycles. The van der Waals surface area contributed by atoms with E-state index in [0.29, 0.717) is 19.3 Å². The second-order valence-electron chi connectivity index (χ2n) is 11.0. The van der Waals surface area contributed by atoms with Crippen molar-refractivity contribution in [1.82, 2.24) is 9.97 Å². The first kappa shape index (κ1) is 38.3. The number of amides is 1. The van der Waals surface area contributed by atoms with Crippen LogP contribution in [0.2, 0.25) is 0 Å². The number of thiophene rings is 1. The Kier molecular flexibility index (Phi) is 12.5. The first-order valence-electron chi connectivity index (χ1n) is 15.4. The number of carbonyl (C=O) groups excluding carboxylic acids is 3. The maximum atomic E-state index is 13.5. The molecule has 1 atom stereocenters. The van der Waals surface area contributed by atoms with Gasteiger partial charge in [-0.3, -0.25) is 33.3 Å². The van der Waals surface area contributed by atoms with Crippen LogP contribution in [0.1, 0.15) is 56.2 Å². The number of aliphatic carboxylic acids is 1. The van der Waals surface area contributed by atoms with E-state index in [2.05, 4.69) is 9.97 Å². The van der Waals surface area contributed by atoms with Crippen molar-refractivity contribution in [1.29, 1.82) is 0 Å². The molecule has 19 nitrogen and oxygen atoms in total. The number of thioether (sulfide) groups is 1. The molecule has 5 N–H and O–H groups in total. The van der Waals surface area contributed by atoms with Crippen LogP contribution in [0.15, 0.2) is 40.0 Å². The number of phosphoric acid groups is 1. The average molecular weight is 783 g/mol. The van der Waals surface area contributed by atoms with Crippen LogP contribution in [0.5, 0.6) is 5.75 Å². The van der Waals surface area contributed by atoms with E-state index in [-0.39, 0.29) is 63.4 Å². The molecule has 0 radical (unpaired) electrons. The monoisotopic (exact) mass is 782 g/mol. The van der Waals surface area contributed by atoms with Crippen molar-refractivity contribution >= 4 is 72.7 Å². The number of esters is 2. The molecule has 22 heteroatoms. The number of aromatic nitrogens is 2. The summed E-state index contributed by atoms with van der Waals surface area (Å²) in [5.41, 5.74) is 5.11. The maximum Gasteiger partial charge on any atom is 0.530 e. The number of aromatic carboxylic acids is 1. The Morgan fingerprint density at radius 3 is 2.54 bits per heavy atom. The summed E-state index contributed by atoms with van der Waals surface area (Å²) in [6, 6.07) is 7.07. The van der Waals surface area contributed by atoms with E-state index in [1.54, 1.807) is 6.07 Å². The van der Waals surface area contributed by atoms with Gasteiger partial charge < -0.3 is 34.7 Å². The third-order valence-electron chi connectivity index (χ3n) is 7.19. The highest BCUT2D eigenvalue weighted by molar-refractivity contribution is 8.00. The standard InChI is InChI=1S/C30H31N4O15PS2/c31-29-32-25-24(26(38)33-29)52-18(4-3-17-5-7-21(51-17)27(39)40)13-34(25)30(42)44-14-16-2-6-20(49-50(43)47-10-1-11-48-50)19(12-16)28(41)46-15-45-23(37)9-8-22(35)36/h2,5-7,12,18H,1,3-4,8-11,13-15H2,(H,35,36)(H,39,40)(H3,31,32,33,38). The zero-order valence-corrected chi connectivity index (χ0v) is 29.5. The van der Waals surface area contributed by atoms with Crippen LogP contribution >= 0.6 is 30.9 Å². The van der Waals surface area contributed by atoms with Crippen LogP contribution in [0.4, 0.5) is 16.6 Å². The number of aryl methyl sites for hydroxylation is 1. The smallest absolute Gasteiger partial charge is 0.481 e. The minimum atomic E-state index is -4.11. The molecular formula is C30H31N4O15PS2. The summed E-state index contributed by atoms with van der Waals surface area (Å²) >= 11 is 2.34. The van der Waals surface area contributed by atoms with E-state index in [0.717, 1.165) is 21.1 Å². The number of nitrogens with zero attached hydrogens (tertiary/aromatic N) is 2. The first-order valence-corrected chi connectivity index (χ1v) is 18.5. The number of carboxylic acid groups (broad SMARTS) is 2. The molecule has 1 amide bonds. The SMILES string of the molecule is Nc1nc2c(c(=O)[nH]1)SC(CCc1ccc(C(=O)O)s1)CN2C(=O)OCc1ccc(OP2(=O)OCCCO2)c(C(=O)OCOC(=O)CCC(=O)O)c1. The highest BCUT2D eigenvalue weighted by Crippen LogP contribution is 2.52. The molecule has 0 bridgehead atoms. The van der Waals surface area contributed by atoms with Crippen LogP contribution in [0, 0.1) is 0 Å². The molecular weight excluding hydrogens is 751 g/mol. The number of carboxylic acids is 2. The fourth-order valence-corrected chi connectivity index (χ4v) is 8.11. The molecule has 2 aliphatic heterocycles. The van der Waals surface area contributed by atoms with Gasteiger partial charge in [0.25, 0.3) is 5.56 Å². The maximum absolute atomic E-state index is 13.5. The molecule has 52 heavy (non-hydrogen) atoms. The van der Waals surface area contributed by atoms with Gasteiger partial charge in [0.1, 0.15) is 27.7 Å². The van der Waals surface area contributed by atoms with Gasteiger partial charge in [-0.1, -0.05) is 6.07 Å². The number of hydrogen-bond donors (Lipinski definition) is 4. The van der Waals surface area contributed by atoms with E-state index in [4.69, 9.17) is 38.6 Å². The molecule has 3 aromatic rings. The molecule has 2 aliphatic rings. The number of nitrogens with two attached hydrogens (primary N) is 1. The number of phosphoric ester groups is 1. The van der Waals surface area contributed by atoms with Crippen LogP contribution in [-0.2, 0) is 50.4 Å². The van der Waals surface area contributed by atoms with Crippen LogP contribution in [0.25, 0.3) is 0 Å². The fourth-order valence-electron chi connectivity index (χ4n) is 4.75. The van der Waals surface area contributed by atoms with Gasteiger partial charge in [-0.2, -0.15) is 4.98 Å². The number of ether oxygens (including phenoxy) is 3. The lowest BCUT2D eigenvalue weighted by atomic mass is 10.1. The second-order valence-corrected chi connectivity index (χ2v) is 15.0. The Hall–Kier alpha value is -4.95. The molecule has 278 valence electrons. The van der Waals surface area contributed by atoms with Crippen molar-refractivity contribution in [3.05, 3.63) is 61.6 Å². The lowest BCUT2D eigenvalue weighted by Gasteiger charge is -2.32. The number of nitrogens with one attached hydrogen (secondary N) is 1. The number of aromatic amines is 1. The Balaban J connectivity index is 1.30. The largest absolute Gasteiger partial charge is 0.530 e. The van der Waals surface area contributed by atoms with Gasteiger partial charge in [-0.15, -0.1) is 23.1 Å². The van der Waals surface area contributed by atoms with E-state index < -0.39 is 69.6 Å². The number of H-pyrrole nitrogens is 1. The predicted molar refractivity (Wildman–Crippen MR) is 180 cm³/mol. The number of benzene rings is 1. The lowest BCUT2D eigenvalue weighted by Crippen LogP contribution is -2.42. The minimum absolute atomic E-state index is 0.0140. The summed E-state index contributed by atoms with van der Waals surface area (Å²) in [5, 5.41) is 17.6. The third-order valence-corrected chi connectivity index (χ3v) is 11.1. The molecule has 1 saturated heterocycles.